The predicted octanol–water partition coefficient (Wildman–Crippen LogP) is 3.79. The second kappa shape index (κ2) is 7.32. The van der Waals surface area contributed by atoms with Crippen LogP contribution in [0.2, 0.25) is 10.0 Å². The first-order valence-corrected chi connectivity index (χ1v) is 9.99. The zero-order valence-electron chi connectivity index (χ0n) is 14.2. The number of aromatic hydroxyl groups is 1. The SMILES string of the molecule is CCc1nc2sc(C(c3ccc(Cl)cc3Cl)N3CCOCC3)c(O)n2n1. The lowest BCUT2D eigenvalue weighted by Gasteiger charge is -2.34. The van der Waals surface area contributed by atoms with Gasteiger partial charge in [0.15, 0.2) is 5.82 Å². The van der Waals surface area contributed by atoms with E-state index < -0.39 is 0 Å². The predicted molar refractivity (Wildman–Crippen MR) is 103 cm³/mol. The summed E-state index contributed by atoms with van der Waals surface area (Å²) in [6.07, 6.45) is 0.721. The van der Waals surface area contributed by atoms with Crippen LogP contribution in [0, 0.1) is 0 Å². The molecule has 0 spiro atoms. The topological polar surface area (TPSA) is 62.9 Å². The van der Waals surface area contributed by atoms with Gasteiger partial charge < -0.3 is 9.84 Å². The Kier molecular flexibility index (Phi) is 5.07. The molecule has 0 radical (unpaired) electrons. The molecule has 1 unspecified atom stereocenters. The molecule has 0 bridgehead atoms. The van der Waals surface area contributed by atoms with Gasteiger partial charge in [0, 0.05) is 29.6 Å². The fraction of sp³-hybridized carbons (Fsp3) is 0.412. The molecule has 9 heteroatoms. The van der Waals surface area contributed by atoms with Gasteiger partial charge in [-0.2, -0.15) is 4.52 Å². The number of hydrogen-bond donors (Lipinski definition) is 1. The van der Waals surface area contributed by atoms with E-state index in [2.05, 4.69) is 15.0 Å². The Balaban J connectivity index is 1.84. The van der Waals surface area contributed by atoms with Crippen molar-refractivity contribution in [1.82, 2.24) is 19.5 Å². The maximum Gasteiger partial charge on any atom is 0.230 e. The zero-order valence-corrected chi connectivity index (χ0v) is 16.5. The highest BCUT2D eigenvalue weighted by Gasteiger charge is 2.32. The summed E-state index contributed by atoms with van der Waals surface area (Å²) in [4.78, 5) is 8.19. The number of benzene rings is 1. The van der Waals surface area contributed by atoms with Gasteiger partial charge in [0.1, 0.15) is 0 Å². The molecule has 4 rings (SSSR count). The fourth-order valence-corrected chi connectivity index (χ4v) is 4.82. The number of aryl methyl sites for hydroxylation is 1. The van der Waals surface area contributed by atoms with Crippen LogP contribution in [-0.4, -0.2) is 50.9 Å². The molecular weight excluding hydrogens is 395 g/mol. The van der Waals surface area contributed by atoms with Crippen molar-refractivity contribution in [1.29, 1.82) is 0 Å². The van der Waals surface area contributed by atoms with Crippen molar-refractivity contribution in [2.24, 2.45) is 0 Å². The summed E-state index contributed by atoms with van der Waals surface area (Å²) < 4.78 is 7.00. The average molecular weight is 413 g/mol. The summed E-state index contributed by atoms with van der Waals surface area (Å²) in [5.41, 5.74) is 0.897. The molecule has 1 aliphatic rings. The second-order valence-corrected chi connectivity index (χ2v) is 7.94. The Morgan fingerprint density at radius 1 is 1.31 bits per heavy atom. The smallest absolute Gasteiger partial charge is 0.230 e. The van der Waals surface area contributed by atoms with Crippen molar-refractivity contribution in [2.45, 2.75) is 19.4 Å². The average Bonchev–Trinajstić information content (AvgIpc) is 3.18. The Bertz CT molecular complexity index is 936. The third-order valence-electron chi connectivity index (χ3n) is 4.48. The van der Waals surface area contributed by atoms with Gasteiger partial charge in [0.05, 0.1) is 24.1 Å². The van der Waals surface area contributed by atoms with Crippen LogP contribution < -0.4 is 0 Å². The molecule has 1 aliphatic heterocycles. The molecule has 0 aliphatic carbocycles. The number of aromatic nitrogens is 3. The van der Waals surface area contributed by atoms with E-state index in [1.807, 2.05) is 19.1 Å². The summed E-state index contributed by atoms with van der Waals surface area (Å²) in [5.74, 6) is 0.824. The lowest BCUT2D eigenvalue weighted by atomic mass is 10.0. The first-order valence-electron chi connectivity index (χ1n) is 8.42. The zero-order chi connectivity index (χ0) is 18.3. The number of morpholine rings is 1. The molecule has 1 atom stereocenters. The van der Waals surface area contributed by atoms with Gasteiger partial charge in [0.2, 0.25) is 10.8 Å². The molecule has 1 fully saturated rings. The first kappa shape index (κ1) is 18.0. The molecular formula is C17H18Cl2N4O2S. The second-order valence-electron chi connectivity index (χ2n) is 6.08. The van der Waals surface area contributed by atoms with Gasteiger partial charge in [0.25, 0.3) is 0 Å². The van der Waals surface area contributed by atoms with Crippen molar-refractivity contribution >= 4 is 39.5 Å². The molecule has 3 heterocycles. The van der Waals surface area contributed by atoms with E-state index in [-0.39, 0.29) is 11.9 Å². The molecule has 0 saturated carbocycles. The fourth-order valence-electron chi connectivity index (χ4n) is 3.18. The minimum atomic E-state index is -0.206. The Morgan fingerprint density at radius 2 is 2.08 bits per heavy atom. The van der Waals surface area contributed by atoms with Crippen LogP contribution in [0.15, 0.2) is 18.2 Å². The summed E-state index contributed by atoms with van der Waals surface area (Å²) in [6.45, 7) is 4.77. The molecule has 1 saturated heterocycles. The lowest BCUT2D eigenvalue weighted by molar-refractivity contribution is 0.0241. The molecule has 0 amide bonds. The summed E-state index contributed by atoms with van der Waals surface area (Å²) >= 11 is 14.0. The lowest BCUT2D eigenvalue weighted by Crippen LogP contribution is -2.39. The van der Waals surface area contributed by atoms with E-state index in [1.165, 1.54) is 15.9 Å². The highest BCUT2D eigenvalue weighted by molar-refractivity contribution is 7.17. The summed E-state index contributed by atoms with van der Waals surface area (Å²) in [7, 11) is 0. The highest BCUT2D eigenvalue weighted by atomic mass is 35.5. The van der Waals surface area contributed by atoms with Crippen LogP contribution in [-0.2, 0) is 11.2 Å². The Morgan fingerprint density at radius 3 is 2.73 bits per heavy atom. The van der Waals surface area contributed by atoms with Crippen LogP contribution in [0.5, 0.6) is 5.88 Å². The van der Waals surface area contributed by atoms with E-state index in [4.69, 9.17) is 27.9 Å². The number of nitrogens with zero attached hydrogens (tertiary/aromatic N) is 4. The normalized spacial score (nSPS) is 17.0. The van der Waals surface area contributed by atoms with Crippen molar-refractivity contribution in [2.75, 3.05) is 26.3 Å². The molecule has 26 heavy (non-hydrogen) atoms. The monoisotopic (exact) mass is 412 g/mol. The van der Waals surface area contributed by atoms with Crippen molar-refractivity contribution in [3.8, 4) is 5.88 Å². The van der Waals surface area contributed by atoms with Gasteiger partial charge in [-0.05, 0) is 17.7 Å². The number of halogens is 2. The molecule has 138 valence electrons. The van der Waals surface area contributed by atoms with Gasteiger partial charge in [-0.25, -0.2) is 4.98 Å². The van der Waals surface area contributed by atoms with Gasteiger partial charge in [-0.15, -0.1) is 5.10 Å². The van der Waals surface area contributed by atoms with E-state index in [1.54, 1.807) is 6.07 Å². The molecule has 2 aromatic heterocycles. The van der Waals surface area contributed by atoms with Crippen LogP contribution >= 0.6 is 34.5 Å². The number of ether oxygens (including phenoxy) is 1. The van der Waals surface area contributed by atoms with Crippen molar-refractivity contribution in [3.63, 3.8) is 0 Å². The van der Waals surface area contributed by atoms with E-state index in [0.717, 1.165) is 30.0 Å². The van der Waals surface area contributed by atoms with E-state index in [9.17, 15) is 5.11 Å². The van der Waals surface area contributed by atoms with E-state index in [0.29, 0.717) is 34.0 Å². The maximum atomic E-state index is 10.9. The number of rotatable bonds is 4. The third-order valence-corrected chi connectivity index (χ3v) is 6.11. The number of fused-ring (bicyclic) bond motifs is 1. The van der Waals surface area contributed by atoms with Crippen LogP contribution in [0.4, 0.5) is 0 Å². The molecule has 1 N–H and O–H groups in total. The minimum absolute atomic E-state index is 0.111. The van der Waals surface area contributed by atoms with Gasteiger partial charge in [-0.1, -0.05) is 47.5 Å². The summed E-state index contributed by atoms with van der Waals surface area (Å²) in [6, 6.07) is 5.26. The van der Waals surface area contributed by atoms with Crippen LogP contribution in [0.1, 0.15) is 29.2 Å². The highest BCUT2D eigenvalue weighted by Crippen LogP contribution is 2.42. The standard InChI is InChI=1S/C17H18Cl2N4O2S/c1-2-13-20-17-23(21-13)16(24)15(26-17)14(22-5-7-25-8-6-22)11-4-3-10(18)9-12(11)19/h3-4,9,14,24H,2,5-8H2,1H3. The van der Waals surface area contributed by atoms with Crippen LogP contribution in [0.3, 0.4) is 0 Å². The summed E-state index contributed by atoms with van der Waals surface area (Å²) in [5, 5.41) is 16.4. The van der Waals surface area contributed by atoms with Crippen molar-refractivity contribution in [3.05, 3.63) is 44.5 Å². The largest absolute Gasteiger partial charge is 0.492 e. The van der Waals surface area contributed by atoms with Crippen LogP contribution in [0.25, 0.3) is 4.96 Å². The number of thiazole rings is 1. The molecule has 3 aromatic rings. The van der Waals surface area contributed by atoms with Gasteiger partial charge in [-0.3, -0.25) is 4.90 Å². The molecule has 6 nitrogen and oxygen atoms in total. The third kappa shape index (κ3) is 3.18. The maximum absolute atomic E-state index is 10.9. The van der Waals surface area contributed by atoms with Crippen molar-refractivity contribution < 1.29 is 9.84 Å². The quantitative estimate of drug-likeness (QED) is 0.705. The first-order chi connectivity index (χ1) is 12.6. The minimum Gasteiger partial charge on any atom is -0.492 e. The number of hydrogen-bond acceptors (Lipinski definition) is 6. The Labute approximate surface area is 164 Å². The molecule has 1 aromatic carbocycles. The Hall–Kier alpha value is -1.38. The van der Waals surface area contributed by atoms with E-state index >= 15 is 0 Å². The van der Waals surface area contributed by atoms with Gasteiger partial charge >= 0.3 is 0 Å².